The lowest BCUT2D eigenvalue weighted by Gasteiger charge is -2.37. The molecule has 2 atom stereocenters. The van der Waals surface area contributed by atoms with E-state index in [0.717, 1.165) is 19.4 Å². The Morgan fingerprint density at radius 1 is 1.16 bits per heavy atom. The zero-order chi connectivity index (χ0) is 13.4. The summed E-state index contributed by atoms with van der Waals surface area (Å²) in [5, 5.41) is 8.82. The molecule has 1 saturated heterocycles. The molecule has 0 bridgehead atoms. The molecule has 1 aromatic heterocycles. The van der Waals surface area contributed by atoms with Gasteiger partial charge in [0.25, 0.3) is 5.91 Å². The first-order chi connectivity index (χ1) is 9.16. The van der Waals surface area contributed by atoms with Crippen LogP contribution in [0.2, 0.25) is 0 Å². The van der Waals surface area contributed by atoms with Gasteiger partial charge in [-0.3, -0.25) is 4.79 Å². The van der Waals surface area contributed by atoms with Crippen LogP contribution in [0.1, 0.15) is 53.2 Å². The minimum Gasteiger partial charge on any atom is -0.475 e. The molecule has 0 radical (unpaired) electrons. The molecule has 2 fully saturated rings. The van der Waals surface area contributed by atoms with Crippen LogP contribution in [0.3, 0.4) is 0 Å². The number of carboxylic acids is 1. The summed E-state index contributed by atoms with van der Waals surface area (Å²) in [6.45, 7) is 0.753. The number of amides is 1. The fourth-order valence-corrected chi connectivity index (χ4v) is 3.42. The Morgan fingerprint density at radius 3 is 2.63 bits per heavy atom. The molecule has 1 aromatic rings. The van der Waals surface area contributed by atoms with Crippen molar-refractivity contribution in [3.05, 3.63) is 23.7 Å². The number of nitrogens with zero attached hydrogens (tertiary/aromatic N) is 1. The normalized spacial score (nSPS) is 26.2. The summed E-state index contributed by atoms with van der Waals surface area (Å²) < 4.78 is 5.12. The summed E-state index contributed by atoms with van der Waals surface area (Å²) in [6, 6.07) is 3.12. The number of carbonyl (C=O) groups excluding carboxylic acids is 1. The summed E-state index contributed by atoms with van der Waals surface area (Å²) >= 11 is 0. The Morgan fingerprint density at radius 2 is 1.89 bits per heavy atom. The van der Waals surface area contributed by atoms with Gasteiger partial charge in [-0.25, -0.2) is 4.79 Å². The van der Waals surface area contributed by atoms with Gasteiger partial charge in [-0.15, -0.1) is 0 Å². The minimum atomic E-state index is -1.14. The van der Waals surface area contributed by atoms with Gasteiger partial charge in [-0.05, 0) is 43.7 Å². The van der Waals surface area contributed by atoms with E-state index in [9.17, 15) is 9.59 Å². The number of furan rings is 1. The van der Waals surface area contributed by atoms with E-state index >= 15 is 0 Å². The average molecular weight is 263 g/mol. The van der Waals surface area contributed by atoms with Crippen molar-refractivity contribution in [2.45, 2.75) is 38.1 Å². The van der Waals surface area contributed by atoms with E-state index < -0.39 is 5.97 Å². The van der Waals surface area contributed by atoms with Gasteiger partial charge in [-0.2, -0.15) is 0 Å². The molecule has 5 heteroatoms. The molecular weight excluding hydrogens is 246 g/mol. The smallest absolute Gasteiger partial charge is 0.371 e. The van der Waals surface area contributed by atoms with Gasteiger partial charge in [0.05, 0.1) is 0 Å². The summed E-state index contributed by atoms with van der Waals surface area (Å²) in [4.78, 5) is 25.1. The molecule has 1 aliphatic heterocycles. The Labute approximate surface area is 111 Å². The number of carboxylic acid groups (broad SMARTS) is 1. The van der Waals surface area contributed by atoms with Crippen molar-refractivity contribution in [1.29, 1.82) is 0 Å². The highest BCUT2D eigenvalue weighted by atomic mass is 16.4. The van der Waals surface area contributed by atoms with Crippen molar-refractivity contribution in [3.8, 4) is 0 Å². The lowest BCUT2D eigenvalue weighted by Crippen LogP contribution is -2.46. The highest BCUT2D eigenvalue weighted by Gasteiger charge is 2.38. The van der Waals surface area contributed by atoms with Crippen molar-refractivity contribution in [1.82, 2.24) is 4.90 Å². The zero-order valence-electron chi connectivity index (χ0n) is 10.7. The summed E-state index contributed by atoms with van der Waals surface area (Å²) in [5.41, 5.74) is 0. The van der Waals surface area contributed by atoms with Crippen LogP contribution in [-0.2, 0) is 0 Å². The molecule has 1 N–H and O–H groups in total. The predicted octanol–water partition coefficient (Wildman–Crippen LogP) is 2.38. The molecule has 102 valence electrons. The van der Waals surface area contributed by atoms with Crippen molar-refractivity contribution in [2.24, 2.45) is 5.92 Å². The molecule has 0 unspecified atom stereocenters. The molecule has 0 spiro atoms. The Hall–Kier alpha value is -1.78. The largest absolute Gasteiger partial charge is 0.475 e. The summed E-state index contributed by atoms with van der Waals surface area (Å²) in [6.07, 6.45) is 5.67. The van der Waals surface area contributed by atoms with E-state index in [1.165, 1.54) is 31.4 Å². The lowest BCUT2D eigenvalue weighted by atomic mass is 9.92. The van der Waals surface area contributed by atoms with E-state index in [1.807, 2.05) is 4.90 Å². The molecule has 19 heavy (non-hydrogen) atoms. The lowest BCUT2D eigenvalue weighted by molar-refractivity contribution is 0.0510. The van der Waals surface area contributed by atoms with Gasteiger partial charge in [0, 0.05) is 12.6 Å². The molecule has 2 aliphatic rings. The number of hydrogen-bond acceptors (Lipinski definition) is 3. The van der Waals surface area contributed by atoms with E-state index in [1.54, 1.807) is 0 Å². The molecule has 1 amide bonds. The standard InChI is InChI=1S/C14H17NO4/c16-13(11-6-7-12(19-11)14(17)18)15-8-2-4-9-3-1-5-10(9)15/h6-7,9-10H,1-5,8H2,(H,17,18)/t9-,10-/m1/s1. The van der Waals surface area contributed by atoms with Gasteiger partial charge in [-0.1, -0.05) is 6.42 Å². The fourth-order valence-electron chi connectivity index (χ4n) is 3.42. The van der Waals surface area contributed by atoms with E-state index in [0.29, 0.717) is 12.0 Å². The van der Waals surface area contributed by atoms with E-state index in [-0.39, 0.29) is 17.4 Å². The molecule has 2 heterocycles. The SMILES string of the molecule is O=C(O)c1ccc(C(=O)N2CCC[C@H]3CCC[C@H]32)o1. The molecule has 5 nitrogen and oxygen atoms in total. The first-order valence-corrected chi connectivity index (χ1v) is 6.81. The molecule has 1 saturated carbocycles. The number of hydrogen-bond donors (Lipinski definition) is 1. The second kappa shape index (κ2) is 4.72. The summed E-state index contributed by atoms with van der Waals surface area (Å²) in [5.74, 6) is -0.722. The van der Waals surface area contributed by atoms with Gasteiger partial charge >= 0.3 is 5.97 Å². The highest BCUT2D eigenvalue weighted by molar-refractivity contribution is 5.93. The first-order valence-electron chi connectivity index (χ1n) is 6.81. The Bertz CT molecular complexity index is 507. The quantitative estimate of drug-likeness (QED) is 0.889. The average Bonchev–Trinajstić information content (AvgIpc) is 3.06. The predicted molar refractivity (Wildman–Crippen MR) is 67.1 cm³/mol. The number of fused-ring (bicyclic) bond motifs is 1. The Kier molecular flexibility index (Phi) is 3.05. The Balaban J connectivity index is 1.80. The molecular formula is C14H17NO4. The third-order valence-electron chi connectivity index (χ3n) is 4.28. The first kappa shape index (κ1) is 12.3. The third-order valence-corrected chi connectivity index (χ3v) is 4.28. The van der Waals surface area contributed by atoms with E-state index in [2.05, 4.69) is 0 Å². The van der Waals surface area contributed by atoms with Gasteiger partial charge in [0.15, 0.2) is 5.76 Å². The van der Waals surface area contributed by atoms with Crippen molar-refractivity contribution in [3.63, 3.8) is 0 Å². The van der Waals surface area contributed by atoms with Crippen LogP contribution in [0, 0.1) is 5.92 Å². The highest BCUT2D eigenvalue weighted by Crippen LogP contribution is 2.37. The monoisotopic (exact) mass is 263 g/mol. The number of carbonyl (C=O) groups is 2. The second-order valence-electron chi connectivity index (χ2n) is 5.37. The fraction of sp³-hybridized carbons (Fsp3) is 0.571. The van der Waals surface area contributed by atoms with Crippen LogP contribution in [0.15, 0.2) is 16.5 Å². The van der Waals surface area contributed by atoms with Crippen molar-refractivity contribution >= 4 is 11.9 Å². The minimum absolute atomic E-state index is 0.143. The van der Waals surface area contributed by atoms with Crippen LogP contribution in [-0.4, -0.2) is 34.5 Å². The number of likely N-dealkylation sites (tertiary alicyclic amines) is 1. The maximum Gasteiger partial charge on any atom is 0.371 e. The topological polar surface area (TPSA) is 70.8 Å². The van der Waals surface area contributed by atoms with Crippen LogP contribution >= 0.6 is 0 Å². The number of aromatic carboxylic acids is 1. The van der Waals surface area contributed by atoms with Crippen LogP contribution in [0.5, 0.6) is 0 Å². The van der Waals surface area contributed by atoms with Crippen molar-refractivity contribution < 1.29 is 19.1 Å². The van der Waals surface area contributed by atoms with E-state index in [4.69, 9.17) is 9.52 Å². The zero-order valence-corrected chi connectivity index (χ0v) is 10.7. The molecule has 1 aliphatic carbocycles. The number of rotatable bonds is 2. The summed E-state index contributed by atoms with van der Waals surface area (Å²) in [7, 11) is 0. The molecule has 0 aromatic carbocycles. The third kappa shape index (κ3) is 2.13. The number of piperidine rings is 1. The maximum absolute atomic E-state index is 12.4. The van der Waals surface area contributed by atoms with Gasteiger partial charge in [0.1, 0.15) is 0 Å². The molecule has 3 rings (SSSR count). The van der Waals surface area contributed by atoms with Crippen molar-refractivity contribution in [2.75, 3.05) is 6.54 Å². The maximum atomic E-state index is 12.4. The second-order valence-corrected chi connectivity index (χ2v) is 5.37. The van der Waals surface area contributed by atoms with Crippen LogP contribution in [0.25, 0.3) is 0 Å². The van der Waals surface area contributed by atoms with Gasteiger partial charge < -0.3 is 14.4 Å². The van der Waals surface area contributed by atoms with Gasteiger partial charge in [0.2, 0.25) is 5.76 Å². The van der Waals surface area contributed by atoms with Crippen LogP contribution < -0.4 is 0 Å². The van der Waals surface area contributed by atoms with Crippen LogP contribution in [0.4, 0.5) is 0 Å².